The number of urea groups is 1. The van der Waals surface area contributed by atoms with Crippen LogP contribution in [0.5, 0.6) is 0 Å². The maximum absolute atomic E-state index is 14.4. The molecule has 344 valence electrons. The van der Waals surface area contributed by atoms with E-state index in [1.165, 1.54) is 15.6 Å². The Kier molecular flexibility index (Phi) is 9.96. The average molecular weight is 903 g/mol. The van der Waals surface area contributed by atoms with Crippen molar-refractivity contribution in [3.8, 4) is 11.1 Å². The molecule has 6 aliphatic rings. The lowest BCUT2D eigenvalue weighted by molar-refractivity contribution is -0.120. The molecule has 0 radical (unpaired) electrons. The van der Waals surface area contributed by atoms with E-state index in [-0.39, 0.29) is 41.8 Å². The first-order chi connectivity index (χ1) is 32.0. The molecule has 2 unspecified atom stereocenters. The standard InChI is InChI=1S/C46H52F2N14O4/c1-56-40-33(3-2-4-34(40)43(55-56)59-13-10-38(63)53-45(59)65)30-19-49-61(24-30)32-17-28-22-57(23-29(28)18-32)21-27-5-7-31(8-6-27)62-25-36(39(54-62)41(47)48)51-44(64)35-20-50-60-14-9-37(52-42(35)60)58-15-16-66-46(26-58)11-12-46/h2-4,9,14,19-20,24-25,27-29,31-32,41H,5-8,10-13,15-18,21-23,26H2,1H3,(H,51,64)(H,53,63,65). The van der Waals surface area contributed by atoms with Crippen LogP contribution in [0.25, 0.3) is 27.7 Å². The van der Waals surface area contributed by atoms with Crippen molar-refractivity contribution >= 4 is 51.7 Å². The third-order valence-corrected chi connectivity index (χ3v) is 15.1. The molecule has 3 aliphatic carbocycles. The fourth-order valence-corrected chi connectivity index (χ4v) is 11.6. The summed E-state index contributed by atoms with van der Waals surface area (Å²) in [5.74, 6) is 2.16. The van der Waals surface area contributed by atoms with Crippen molar-refractivity contribution in [1.29, 1.82) is 0 Å². The number of hydrogen-bond donors (Lipinski definition) is 2. The summed E-state index contributed by atoms with van der Waals surface area (Å²) in [5.41, 5.74) is 2.93. The first-order valence-electron chi connectivity index (χ1n) is 23.3. The van der Waals surface area contributed by atoms with Crippen molar-refractivity contribution in [3.63, 3.8) is 0 Å². The van der Waals surface area contributed by atoms with Gasteiger partial charge in [0.2, 0.25) is 5.91 Å². The maximum Gasteiger partial charge on any atom is 0.329 e. The number of hydrogen-bond acceptors (Lipinski definition) is 11. The summed E-state index contributed by atoms with van der Waals surface area (Å²) < 4.78 is 41.8. The van der Waals surface area contributed by atoms with Crippen LogP contribution >= 0.6 is 0 Å². The summed E-state index contributed by atoms with van der Waals surface area (Å²) in [6.07, 6.45) is 14.0. The Hall–Kier alpha value is -6.28. The lowest BCUT2D eigenvalue weighted by atomic mass is 9.85. The second-order valence-corrected chi connectivity index (χ2v) is 19.4. The zero-order chi connectivity index (χ0) is 44.8. The molecule has 20 heteroatoms. The van der Waals surface area contributed by atoms with Gasteiger partial charge in [0, 0.05) is 87.8 Å². The molecule has 6 aromatic rings. The largest absolute Gasteiger partial charge is 0.371 e. The highest BCUT2D eigenvalue weighted by Gasteiger charge is 2.48. The molecule has 6 fully saturated rings. The molecule has 1 spiro atoms. The number of ether oxygens (including phenoxy) is 1. The van der Waals surface area contributed by atoms with E-state index in [9.17, 15) is 23.2 Å². The average Bonchev–Trinajstić information content (AvgIpc) is 4.01. The molecule has 8 heterocycles. The number of carbonyl (C=O) groups excluding carboxylic acids is 3. The van der Waals surface area contributed by atoms with Gasteiger partial charge in [-0.3, -0.25) is 33.9 Å². The van der Waals surface area contributed by atoms with E-state index in [0.717, 1.165) is 105 Å². The molecule has 4 amide bonds. The molecular weight excluding hydrogens is 851 g/mol. The van der Waals surface area contributed by atoms with Crippen LogP contribution in [0, 0.1) is 17.8 Å². The molecule has 12 rings (SSSR count). The van der Waals surface area contributed by atoms with E-state index in [0.29, 0.717) is 48.4 Å². The molecule has 3 saturated heterocycles. The predicted octanol–water partition coefficient (Wildman–Crippen LogP) is 6.00. The predicted molar refractivity (Wildman–Crippen MR) is 238 cm³/mol. The molecule has 2 N–H and O–H groups in total. The zero-order valence-electron chi connectivity index (χ0n) is 36.7. The summed E-state index contributed by atoms with van der Waals surface area (Å²) in [4.78, 5) is 49.2. The highest BCUT2D eigenvalue weighted by atomic mass is 19.3. The Labute approximate surface area is 378 Å². The van der Waals surface area contributed by atoms with Crippen molar-refractivity contribution in [3.05, 3.63) is 66.5 Å². The highest BCUT2D eigenvalue weighted by molar-refractivity contribution is 6.10. The summed E-state index contributed by atoms with van der Waals surface area (Å²) in [5, 5.41) is 24.2. The van der Waals surface area contributed by atoms with Gasteiger partial charge in [0.15, 0.2) is 17.2 Å². The smallest absolute Gasteiger partial charge is 0.329 e. The minimum atomic E-state index is -2.85. The Morgan fingerprint density at radius 1 is 0.970 bits per heavy atom. The van der Waals surface area contributed by atoms with E-state index >= 15 is 0 Å². The first-order valence-corrected chi connectivity index (χ1v) is 23.3. The van der Waals surface area contributed by atoms with Gasteiger partial charge < -0.3 is 19.9 Å². The Morgan fingerprint density at radius 2 is 1.79 bits per heavy atom. The van der Waals surface area contributed by atoms with Crippen LogP contribution in [0.2, 0.25) is 0 Å². The number of amides is 4. The number of fused-ring (bicyclic) bond motifs is 3. The molecule has 3 aliphatic heterocycles. The number of aromatic nitrogens is 9. The van der Waals surface area contributed by atoms with Crippen LogP contribution < -0.4 is 20.4 Å². The van der Waals surface area contributed by atoms with E-state index < -0.39 is 24.1 Å². The SMILES string of the molecule is Cn1nc(N2CCC(=O)NC2=O)c2cccc(-c3cnn(C4CC5CN(CC6CCC(n7cc(NC(=O)c8cnn9ccc(N%10CCOC%11(CC%11)C%10)nc89)c(C(F)F)n7)CC6)CC5C4)c3)c21. The van der Waals surface area contributed by atoms with Crippen LogP contribution in [-0.2, 0) is 16.6 Å². The lowest BCUT2D eigenvalue weighted by Gasteiger charge is -2.34. The van der Waals surface area contributed by atoms with Gasteiger partial charge in [-0.1, -0.05) is 12.1 Å². The van der Waals surface area contributed by atoms with Crippen molar-refractivity contribution < 1.29 is 27.9 Å². The van der Waals surface area contributed by atoms with Crippen LogP contribution in [0.15, 0.2) is 55.2 Å². The van der Waals surface area contributed by atoms with Crippen molar-refractivity contribution in [1.82, 2.24) is 54.2 Å². The number of aryl methyl sites for hydroxylation is 1. The third kappa shape index (κ3) is 7.37. The topological polar surface area (TPSA) is 178 Å². The van der Waals surface area contributed by atoms with Crippen molar-refractivity contribution in [2.45, 2.75) is 81.9 Å². The molecule has 66 heavy (non-hydrogen) atoms. The summed E-state index contributed by atoms with van der Waals surface area (Å²) in [6.45, 7) is 5.51. The number of alkyl halides is 2. The number of benzene rings is 1. The van der Waals surface area contributed by atoms with E-state index in [2.05, 4.69) is 47.6 Å². The monoisotopic (exact) mass is 902 g/mol. The van der Waals surface area contributed by atoms with Crippen LogP contribution in [0.1, 0.15) is 92.3 Å². The van der Waals surface area contributed by atoms with Crippen LogP contribution in [0.3, 0.4) is 0 Å². The molecule has 0 bridgehead atoms. The van der Waals surface area contributed by atoms with E-state index in [1.54, 1.807) is 21.8 Å². The zero-order valence-corrected chi connectivity index (χ0v) is 36.7. The number of nitrogens with zero attached hydrogens (tertiary/aromatic N) is 12. The summed E-state index contributed by atoms with van der Waals surface area (Å²) >= 11 is 0. The summed E-state index contributed by atoms with van der Waals surface area (Å²) in [7, 11) is 1.87. The number of anilines is 3. The fourth-order valence-electron chi connectivity index (χ4n) is 11.6. The number of para-hydroxylation sites is 1. The minimum absolute atomic E-state index is 0.00879. The third-order valence-electron chi connectivity index (χ3n) is 15.1. The highest BCUT2D eigenvalue weighted by Crippen LogP contribution is 2.46. The number of morpholine rings is 1. The maximum atomic E-state index is 14.4. The van der Waals surface area contributed by atoms with Gasteiger partial charge in [-0.2, -0.15) is 20.4 Å². The van der Waals surface area contributed by atoms with Crippen LogP contribution in [-0.4, -0.2) is 118 Å². The normalized spacial score (nSPS) is 25.4. The second-order valence-electron chi connectivity index (χ2n) is 19.4. The van der Waals surface area contributed by atoms with Gasteiger partial charge in [-0.15, -0.1) is 0 Å². The van der Waals surface area contributed by atoms with E-state index in [4.69, 9.17) is 19.9 Å². The number of likely N-dealkylation sites (tertiary alicyclic amines) is 1. The van der Waals surface area contributed by atoms with Crippen molar-refractivity contribution in [2.24, 2.45) is 24.8 Å². The number of nitrogens with one attached hydrogen (secondary N) is 2. The lowest BCUT2D eigenvalue weighted by Crippen LogP contribution is -2.49. The van der Waals surface area contributed by atoms with Gasteiger partial charge in [0.25, 0.3) is 12.3 Å². The molecular formula is C46H52F2N14O4. The Bertz CT molecular complexity index is 2860. The van der Waals surface area contributed by atoms with Gasteiger partial charge >= 0.3 is 6.03 Å². The Balaban J connectivity index is 0.649. The molecule has 18 nitrogen and oxygen atoms in total. The molecule has 5 aromatic heterocycles. The van der Waals surface area contributed by atoms with Gasteiger partial charge in [-0.05, 0) is 81.3 Å². The molecule has 2 atom stereocenters. The molecule has 3 saturated carbocycles. The fraction of sp³-hybridized carbons (Fsp3) is 0.522. The first kappa shape index (κ1) is 41.2. The Morgan fingerprint density at radius 3 is 2.56 bits per heavy atom. The quantitative estimate of drug-likeness (QED) is 0.165. The number of carbonyl (C=O) groups is 3. The van der Waals surface area contributed by atoms with Crippen molar-refractivity contribution in [2.75, 3.05) is 61.0 Å². The van der Waals surface area contributed by atoms with E-state index in [1.807, 2.05) is 31.4 Å². The van der Waals surface area contributed by atoms with Gasteiger partial charge in [0.1, 0.15) is 11.4 Å². The second kappa shape index (κ2) is 16.0. The van der Waals surface area contributed by atoms with Crippen LogP contribution in [0.4, 0.5) is 30.9 Å². The number of imide groups is 1. The number of rotatable bonds is 10. The number of halogens is 2. The van der Waals surface area contributed by atoms with Gasteiger partial charge in [0.05, 0.1) is 47.9 Å². The van der Waals surface area contributed by atoms with Gasteiger partial charge in [-0.25, -0.2) is 23.1 Å². The summed E-state index contributed by atoms with van der Waals surface area (Å²) in [6, 6.07) is 7.70. The molecule has 1 aromatic carbocycles. The minimum Gasteiger partial charge on any atom is -0.371 e.